The first-order valence-corrected chi connectivity index (χ1v) is 8.72. The number of rotatable bonds is 4. The van der Waals surface area contributed by atoms with E-state index in [9.17, 15) is 23.2 Å². The number of halogens is 3. The van der Waals surface area contributed by atoms with Crippen molar-refractivity contribution in [3.8, 4) is 0 Å². The molecule has 0 fully saturated rings. The van der Waals surface area contributed by atoms with Crippen molar-refractivity contribution in [3.63, 3.8) is 0 Å². The van der Waals surface area contributed by atoms with Gasteiger partial charge in [-0.3, -0.25) is 25.2 Å². The number of benzene rings is 2. The molecule has 2 aromatic carbocycles. The molecule has 0 radical (unpaired) electrons. The van der Waals surface area contributed by atoms with Crippen molar-refractivity contribution < 1.29 is 18.4 Å². The van der Waals surface area contributed by atoms with Gasteiger partial charge in [-0.25, -0.2) is 8.78 Å². The van der Waals surface area contributed by atoms with Crippen LogP contribution in [0.4, 0.5) is 8.78 Å². The summed E-state index contributed by atoms with van der Waals surface area (Å²) >= 11 is 5.84. The summed E-state index contributed by atoms with van der Waals surface area (Å²) in [4.78, 5) is 36.3. The fraction of sp³-hybridized carbons (Fsp3) is 0.0500. The van der Waals surface area contributed by atoms with E-state index in [-0.39, 0.29) is 17.7 Å². The van der Waals surface area contributed by atoms with Gasteiger partial charge in [-0.15, -0.1) is 0 Å². The number of hydrogen-bond acceptors (Lipinski definition) is 3. The Bertz CT molecular complexity index is 1130. The Hall–Kier alpha value is -3.52. The van der Waals surface area contributed by atoms with Crippen molar-refractivity contribution in [2.45, 2.75) is 6.54 Å². The molecule has 29 heavy (non-hydrogen) atoms. The smallest absolute Gasteiger partial charge is 0.272 e. The number of carbonyl (C=O) groups is 2. The molecule has 0 spiro atoms. The molecule has 0 saturated heterocycles. The third-order valence-electron chi connectivity index (χ3n) is 3.98. The minimum atomic E-state index is -1.06. The molecule has 0 saturated carbocycles. The van der Waals surface area contributed by atoms with E-state index in [2.05, 4.69) is 5.43 Å². The Morgan fingerprint density at radius 3 is 2.31 bits per heavy atom. The summed E-state index contributed by atoms with van der Waals surface area (Å²) in [5, 5.41) is 0.558. The monoisotopic (exact) mass is 417 g/mol. The van der Waals surface area contributed by atoms with Crippen molar-refractivity contribution in [3.05, 3.63) is 104 Å². The van der Waals surface area contributed by atoms with Crippen LogP contribution in [0.1, 0.15) is 26.3 Å². The van der Waals surface area contributed by atoms with Gasteiger partial charge in [0.15, 0.2) is 0 Å². The molecule has 0 bridgehead atoms. The lowest BCUT2D eigenvalue weighted by molar-refractivity contribution is 0.0843. The van der Waals surface area contributed by atoms with E-state index in [1.165, 1.54) is 22.9 Å². The van der Waals surface area contributed by atoms with Crippen molar-refractivity contribution >= 4 is 23.4 Å². The van der Waals surface area contributed by atoms with Crippen LogP contribution in [0.5, 0.6) is 0 Å². The average Bonchev–Trinajstić information content (AvgIpc) is 2.69. The first-order valence-electron chi connectivity index (χ1n) is 8.34. The van der Waals surface area contributed by atoms with Crippen LogP contribution in [0, 0.1) is 11.6 Å². The number of nitrogens with one attached hydrogen (secondary N) is 2. The molecule has 6 nitrogen and oxygen atoms in total. The summed E-state index contributed by atoms with van der Waals surface area (Å²) < 4.78 is 27.9. The van der Waals surface area contributed by atoms with Gasteiger partial charge in [-0.1, -0.05) is 23.7 Å². The standard InChI is InChI=1S/C20H14ClF2N3O3/c21-14-4-1-12(2-5-14)10-26-11-13(3-8-18(26)27)19(28)24-25-20(29)16-7-6-15(22)9-17(16)23/h1-9,11H,10H2,(H,24,28)(H,25,29). The van der Waals surface area contributed by atoms with Crippen LogP contribution < -0.4 is 16.4 Å². The van der Waals surface area contributed by atoms with Gasteiger partial charge in [0.25, 0.3) is 17.4 Å². The molecular formula is C20H14ClF2N3O3. The van der Waals surface area contributed by atoms with Gasteiger partial charge in [-0.05, 0) is 35.9 Å². The van der Waals surface area contributed by atoms with Crippen LogP contribution in [0.3, 0.4) is 0 Å². The Balaban J connectivity index is 1.70. The van der Waals surface area contributed by atoms with Crippen LogP contribution in [0.25, 0.3) is 0 Å². The Morgan fingerprint density at radius 1 is 0.931 bits per heavy atom. The highest BCUT2D eigenvalue weighted by Crippen LogP contribution is 2.11. The number of hydrazine groups is 1. The average molecular weight is 418 g/mol. The number of hydrogen-bond donors (Lipinski definition) is 2. The zero-order chi connectivity index (χ0) is 21.0. The molecular weight excluding hydrogens is 404 g/mol. The first kappa shape index (κ1) is 20.2. The molecule has 0 unspecified atom stereocenters. The maximum Gasteiger partial charge on any atom is 0.272 e. The van der Waals surface area contributed by atoms with E-state index < -0.39 is 29.0 Å². The second kappa shape index (κ2) is 8.66. The molecule has 0 aliphatic rings. The van der Waals surface area contributed by atoms with E-state index in [1.807, 2.05) is 5.43 Å². The minimum Gasteiger partial charge on any atom is -0.310 e. The van der Waals surface area contributed by atoms with E-state index in [0.29, 0.717) is 11.1 Å². The van der Waals surface area contributed by atoms with Gasteiger partial charge in [0.1, 0.15) is 11.6 Å². The van der Waals surface area contributed by atoms with E-state index >= 15 is 0 Å². The summed E-state index contributed by atoms with van der Waals surface area (Å²) in [6.45, 7) is 0.213. The maximum absolute atomic E-state index is 13.6. The zero-order valence-corrected chi connectivity index (χ0v) is 15.5. The highest BCUT2D eigenvalue weighted by molar-refractivity contribution is 6.30. The molecule has 3 rings (SSSR count). The van der Waals surface area contributed by atoms with E-state index in [4.69, 9.17) is 11.6 Å². The lowest BCUT2D eigenvalue weighted by Gasteiger charge is -2.10. The van der Waals surface area contributed by atoms with Gasteiger partial charge in [0.2, 0.25) is 0 Å². The van der Waals surface area contributed by atoms with E-state index in [0.717, 1.165) is 17.7 Å². The summed E-state index contributed by atoms with van der Waals surface area (Å²) in [7, 11) is 0. The zero-order valence-electron chi connectivity index (χ0n) is 14.8. The Labute approximate surface area is 168 Å². The van der Waals surface area contributed by atoms with Crippen LogP contribution in [-0.2, 0) is 6.54 Å². The number of nitrogens with zero attached hydrogens (tertiary/aromatic N) is 1. The van der Waals surface area contributed by atoms with Gasteiger partial charge in [-0.2, -0.15) is 0 Å². The fourth-order valence-electron chi connectivity index (χ4n) is 2.50. The molecule has 2 amide bonds. The van der Waals surface area contributed by atoms with E-state index in [1.54, 1.807) is 24.3 Å². The third-order valence-corrected chi connectivity index (χ3v) is 4.23. The van der Waals surface area contributed by atoms with Gasteiger partial charge in [0, 0.05) is 23.4 Å². The molecule has 1 heterocycles. The highest BCUT2D eigenvalue weighted by Gasteiger charge is 2.14. The van der Waals surface area contributed by atoms with Crippen molar-refractivity contribution in [1.82, 2.24) is 15.4 Å². The van der Waals surface area contributed by atoms with Crippen molar-refractivity contribution in [2.24, 2.45) is 0 Å². The SMILES string of the molecule is O=C(NNC(=O)c1ccc(F)cc1F)c1ccc(=O)n(Cc2ccc(Cl)cc2)c1. The van der Waals surface area contributed by atoms with Gasteiger partial charge in [0.05, 0.1) is 17.7 Å². The summed E-state index contributed by atoms with van der Waals surface area (Å²) in [5.74, 6) is -3.56. The Morgan fingerprint density at radius 2 is 1.62 bits per heavy atom. The quantitative estimate of drug-likeness (QED) is 0.640. The Kier molecular flexibility index (Phi) is 6.04. The second-order valence-corrected chi connectivity index (χ2v) is 6.48. The summed E-state index contributed by atoms with van der Waals surface area (Å²) in [5.41, 5.74) is 4.31. The van der Waals surface area contributed by atoms with Crippen molar-refractivity contribution in [2.75, 3.05) is 0 Å². The molecule has 2 N–H and O–H groups in total. The largest absolute Gasteiger partial charge is 0.310 e. The van der Waals surface area contributed by atoms with Gasteiger partial charge >= 0.3 is 0 Å². The summed E-state index contributed by atoms with van der Waals surface area (Å²) in [6, 6.07) is 11.8. The maximum atomic E-state index is 13.6. The predicted molar refractivity (Wildman–Crippen MR) is 103 cm³/mol. The molecule has 148 valence electrons. The lowest BCUT2D eigenvalue weighted by Crippen LogP contribution is -2.42. The minimum absolute atomic E-state index is 0.0958. The number of carbonyl (C=O) groups excluding carboxylic acids is 2. The molecule has 0 atom stereocenters. The van der Waals surface area contributed by atoms with Crippen molar-refractivity contribution in [1.29, 1.82) is 0 Å². The van der Waals surface area contributed by atoms with Crippen LogP contribution in [-0.4, -0.2) is 16.4 Å². The number of amides is 2. The molecule has 9 heteroatoms. The highest BCUT2D eigenvalue weighted by atomic mass is 35.5. The first-order chi connectivity index (χ1) is 13.8. The molecule has 0 aliphatic carbocycles. The van der Waals surface area contributed by atoms with Crippen LogP contribution in [0.15, 0.2) is 65.6 Å². The normalized spacial score (nSPS) is 10.4. The summed E-state index contributed by atoms with van der Waals surface area (Å²) in [6.07, 6.45) is 1.33. The van der Waals surface area contributed by atoms with Gasteiger partial charge < -0.3 is 4.57 Å². The fourth-order valence-corrected chi connectivity index (χ4v) is 2.63. The number of aromatic nitrogens is 1. The molecule has 1 aromatic heterocycles. The van der Waals surface area contributed by atoms with Crippen LogP contribution in [0.2, 0.25) is 5.02 Å². The molecule has 3 aromatic rings. The van der Waals surface area contributed by atoms with Crippen LogP contribution >= 0.6 is 11.6 Å². The topological polar surface area (TPSA) is 80.2 Å². The third kappa shape index (κ3) is 5.05. The second-order valence-electron chi connectivity index (χ2n) is 6.04. The lowest BCUT2D eigenvalue weighted by atomic mass is 10.2. The number of pyridine rings is 1. The predicted octanol–water partition coefficient (Wildman–Crippen LogP) is 2.90. The molecule has 0 aliphatic heterocycles.